The lowest BCUT2D eigenvalue weighted by molar-refractivity contribution is 0.653. The van der Waals surface area contributed by atoms with Crippen LogP contribution in [-0.4, -0.2) is 9.97 Å². The molecule has 1 N–H and O–H groups in total. The fraction of sp³-hybridized carbons (Fsp3) is 0.692. The average Bonchev–Trinajstić information content (AvgIpc) is 2.97. The Hall–Kier alpha value is -0.960. The van der Waals surface area contributed by atoms with Crippen LogP contribution in [0, 0.1) is 0 Å². The Morgan fingerprint density at radius 1 is 1.19 bits per heavy atom. The van der Waals surface area contributed by atoms with Gasteiger partial charge >= 0.3 is 0 Å². The van der Waals surface area contributed by atoms with Crippen molar-refractivity contribution in [2.24, 2.45) is 0 Å². The second kappa shape index (κ2) is 4.13. The van der Waals surface area contributed by atoms with Crippen LogP contribution in [0.1, 0.15) is 61.3 Å². The van der Waals surface area contributed by atoms with Crippen LogP contribution >= 0.6 is 0 Å². The lowest BCUT2D eigenvalue weighted by Gasteiger charge is -2.12. The summed E-state index contributed by atoms with van der Waals surface area (Å²) in [6.07, 6.45) is 6.31. The van der Waals surface area contributed by atoms with Crippen LogP contribution in [0.3, 0.4) is 0 Å². The van der Waals surface area contributed by atoms with Crippen molar-refractivity contribution >= 4 is 0 Å². The second-order valence-corrected chi connectivity index (χ2v) is 4.89. The molecule has 1 aliphatic carbocycles. The van der Waals surface area contributed by atoms with Gasteiger partial charge < -0.3 is 5.32 Å². The number of aromatic nitrogens is 2. The van der Waals surface area contributed by atoms with Gasteiger partial charge in [0.15, 0.2) is 0 Å². The van der Waals surface area contributed by atoms with E-state index in [1.807, 2.05) is 0 Å². The quantitative estimate of drug-likeness (QED) is 0.826. The molecule has 1 fully saturated rings. The molecule has 0 saturated heterocycles. The highest BCUT2D eigenvalue weighted by Crippen LogP contribution is 2.33. The van der Waals surface area contributed by atoms with E-state index >= 15 is 0 Å². The van der Waals surface area contributed by atoms with Gasteiger partial charge in [0.25, 0.3) is 0 Å². The summed E-state index contributed by atoms with van der Waals surface area (Å²) in [7, 11) is 0. The minimum absolute atomic E-state index is 0.635. The normalized spacial score (nSPS) is 20.3. The van der Waals surface area contributed by atoms with Gasteiger partial charge in [0.1, 0.15) is 5.82 Å². The number of hydrogen-bond donors (Lipinski definition) is 1. The molecule has 0 atom stereocenters. The summed E-state index contributed by atoms with van der Waals surface area (Å²) in [4.78, 5) is 9.56. The molecule has 0 unspecified atom stereocenters. The molecular weight excluding hydrogens is 198 g/mol. The number of nitrogens with zero attached hydrogens (tertiary/aromatic N) is 2. The number of fused-ring (bicyclic) bond motifs is 1. The number of nitrogens with one attached hydrogen (secondary N) is 1. The zero-order chi connectivity index (χ0) is 11.0. The Balaban J connectivity index is 2.00. The van der Waals surface area contributed by atoms with Crippen LogP contribution in [0.15, 0.2) is 0 Å². The van der Waals surface area contributed by atoms with Crippen molar-refractivity contribution in [2.45, 2.75) is 58.0 Å². The van der Waals surface area contributed by atoms with Crippen molar-refractivity contribution in [3.8, 4) is 0 Å². The first-order chi connectivity index (χ1) is 7.88. The molecule has 1 aromatic heterocycles. The highest BCUT2D eigenvalue weighted by Gasteiger charge is 2.24. The third-order valence-corrected chi connectivity index (χ3v) is 3.85. The summed E-state index contributed by atoms with van der Waals surface area (Å²) in [5, 5.41) is 3.38. The summed E-state index contributed by atoms with van der Waals surface area (Å²) < 4.78 is 0. The van der Waals surface area contributed by atoms with E-state index in [1.165, 1.54) is 42.6 Å². The summed E-state index contributed by atoms with van der Waals surface area (Å²) in [6, 6.07) is 0. The molecule has 0 aromatic carbocycles. The summed E-state index contributed by atoms with van der Waals surface area (Å²) in [5.41, 5.74) is 3.90. The van der Waals surface area contributed by atoms with E-state index in [0.29, 0.717) is 5.92 Å². The Kier molecular flexibility index (Phi) is 2.64. The zero-order valence-electron chi connectivity index (χ0n) is 9.92. The molecule has 1 aromatic rings. The SMILES string of the molecule is CCc1nc(C2CCCC2)nc2c1CNC2. The van der Waals surface area contributed by atoms with E-state index in [9.17, 15) is 0 Å². The van der Waals surface area contributed by atoms with Crippen molar-refractivity contribution < 1.29 is 0 Å². The topological polar surface area (TPSA) is 37.8 Å². The van der Waals surface area contributed by atoms with Crippen molar-refractivity contribution in [1.82, 2.24) is 15.3 Å². The molecule has 0 spiro atoms. The lowest BCUT2D eigenvalue weighted by Crippen LogP contribution is -2.08. The molecule has 3 rings (SSSR count). The third-order valence-electron chi connectivity index (χ3n) is 3.85. The maximum Gasteiger partial charge on any atom is 0.132 e. The second-order valence-electron chi connectivity index (χ2n) is 4.89. The van der Waals surface area contributed by atoms with E-state index < -0.39 is 0 Å². The number of hydrogen-bond acceptors (Lipinski definition) is 3. The number of aryl methyl sites for hydroxylation is 1. The molecule has 2 heterocycles. The molecule has 1 aliphatic heterocycles. The van der Waals surface area contributed by atoms with Gasteiger partial charge in [-0.25, -0.2) is 9.97 Å². The molecule has 0 radical (unpaired) electrons. The van der Waals surface area contributed by atoms with Gasteiger partial charge in [-0.3, -0.25) is 0 Å². The Bertz CT molecular complexity index is 394. The Morgan fingerprint density at radius 3 is 2.75 bits per heavy atom. The minimum atomic E-state index is 0.635. The van der Waals surface area contributed by atoms with Crippen LogP contribution in [0.4, 0.5) is 0 Å². The maximum absolute atomic E-state index is 4.79. The molecule has 86 valence electrons. The summed E-state index contributed by atoms with van der Waals surface area (Å²) >= 11 is 0. The molecular formula is C13H19N3. The van der Waals surface area contributed by atoms with Crippen molar-refractivity contribution in [1.29, 1.82) is 0 Å². The largest absolute Gasteiger partial charge is 0.307 e. The van der Waals surface area contributed by atoms with Crippen molar-refractivity contribution in [3.05, 3.63) is 22.8 Å². The molecule has 0 amide bonds. The summed E-state index contributed by atoms with van der Waals surface area (Å²) in [5.74, 6) is 1.76. The highest BCUT2D eigenvalue weighted by atomic mass is 15.0. The zero-order valence-corrected chi connectivity index (χ0v) is 9.92. The van der Waals surface area contributed by atoms with Gasteiger partial charge in [0.05, 0.1) is 5.69 Å². The first-order valence-corrected chi connectivity index (χ1v) is 6.47. The van der Waals surface area contributed by atoms with E-state index in [0.717, 1.165) is 25.3 Å². The first-order valence-electron chi connectivity index (χ1n) is 6.47. The summed E-state index contributed by atoms with van der Waals surface area (Å²) in [6.45, 7) is 4.09. The average molecular weight is 217 g/mol. The standard InChI is InChI=1S/C13H19N3/c1-2-11-10-7-14-8-12(10)16-13(15-11)9-5-3-4-6-9/h9,14H,2-8H2,1H3. The molecule has 3 nitrogen and oxygen atoms in total. The lowest BCUT2D eigenvalue weighted by atomic mass is 10.1. The molecule has 0 bridgehead atoms. The van der Waals surface area contributed by atoms with Gasteiger partial charge in [0.2, 0.25) is 0 Å². The maximum atomic E-state index is 4.79. The van der Waals surface area contributed by atoms with Crippen LogP contribution < -0.4 is 5.32 Å². The van der Waals surface area contributed by atoms with Crippen molar-refractivity contribution in [3.63, 3.8) is 0 Å². The fourth-order valence-corrected chi connectivity index (χ4v) is 2.92. The van der Waals surface area contributed by atoms with Crippen LogP contribution in [0.25, 0.3) is 0 Å². The molecule has 3 heteroatoms. The van der Waals surface area contributed by atoms with E-state index in [1.54, 1.807) is 0 Å². The van der Waals surface area contributed by atoms with E-state index in [-0.39, 0.29) is 0 Å². The Labute approximate surface area is 96.7 Å². The van der Waals surface area contributed by atoms with Crippen molar-refractivity contribution in [2.75, 3.05) is 0 Å². The number of rotatable bonds is 2. The van der Waals surface area contributed by atoms with Gasteiger partial charge in [-0.15, -0.1) is 0 Å². The predicted octanol–water partition coefficient (Wildman–Crippen LogP) is 2.30. The molecule has 2 aliphatic rings. The van der Waals surface area contributed by atoms with Crippen LogP contribution in [-0.2, 0) is 19.5 Å². The van der Waals surface area contributed by atoms with E-state index in [4.69, 9.17) is 9.97 Å². The smallest absolute Gasteiger partial charge is 0.132 e. The van der Waals surface area contributed by atoms with Gasteiger partial charge in [0, 0.05) is 30.3 Å². The minimum Gasteiger partial charge on any atom is -0.307 e. The molecule has 1 saturated carbocycles. The van der Waals surface area contributed by atoms with E-state index in [2.05, 4.69) is 12.2 Å². The highest BCUT2D eigenvalue weighted by molar-refractivity contribution is 5.30. The monoisotopic (exact) mass is 217 g/mol. The van der Waals surface area contributed by atoms with Gasteiger partial charge in [-0.1, -0.05) is 19.8 Å². The predicted molar refractivity (Wildman–Crippen MR) is 63.2 cm³/mol. The van der Waals surface area contributed by atoms with Gasteiger partial charge in [-0.05, 0) is 19.3 Å². The van der Waals surface area contributed by atoms with Gasteiger partial charge in [-0.2, -0.15) is 0 Å². The third kappa shape index (κ3) is 1.63. The Morgan fingerprint density at radius 2 is 2.00 bits per heavy atom. The fourth-order valence-electron chi connectivity index (χ4n) is 2.92. The first kappa shape index (κ1) is 10.2. The van der Waals surface area contributed by atoms with Crippen LogP contribution in [0.5, 0.6) is 0 Å². The van der Waals surface area contributed by atoms with Crippen LogP contribution in [0.2, 0.25) is 0 Å². The molecule has 16 heavy (non-hydrogen) atoms.